The second-order valence-electron chi connectivity index (χ2n) is 7.43. The van der Waals surface area contributed by atoms with Gasteiger partial charge in [0.05, 0.1) is 0 Å². The van der Waals surface area contributed by atoms with Crippen molar-refractivity contribution in [3.8, 4) is 0 Å². The van der Waals surface area contributed by atoms with Gasteiger partial charge in [0.2, 0.25) is 0 Å². The van der Waals surface area contributed by atoms with Gasteiger partial charge in [-0.3, -0.25) is 4.90 Å². The number of azide groups is 1. The van der Waals surface area contributed by atoms with Crippen molar-refractivity contribution in [1.82, 2.24) is 4.90 Å². The van der Waals surface area contributed by atoms with Crippen LogP contribution in [0.2, 0.25) is 0 Å². The zero-order valence-corrected chi connectivity index (χ0v) is 13.3. The molecular weight excluding hydrogens is 256 g/mol. The Morgan fingerprint density at radius 2 is 2.00 bits per heavy atom. The first-order chi connectivity index (χ1) is 8.98. The molecule has 6 nitrogen and oxygen atoms in total. The van der Waals surface area contributed by atoms with Crippen LogP contribution in [0.25, 0.3) is 10.4 Å². The predicted molar refractivity (Wildman–Crippen MR) is 78.5 cm³/mol. The first kappa shape index (κ1) is 16.6. The molecule has 0 aromatic rings. The molecular formula is C14H26N4O2. The van der Waals surface area contributed by atoms with Crippen LogP contribution in [0.1, 0.15) is 54.4 Å². The first-order valence-corrected chi connectivity index (χ1v) is 7.02. The molecule has 0 saturated heterocycles. The quantitative estimate of drug-likeness (QED) is 0.476. The van der Waals surface area contributed by atoms with Crippen LogP contribution in [0.5, 0.6) is 0 Å². The van der Waals surface area contributed by atoms with Crippen LogP contribution < -0.4 is 0 Å². The summed E-state index contributed by atoms with van der Waals surface area (Å²) >= 11 is 0. The summed E-state index contributed by atoms with van der Waals surface area (Å²) in [5.41, 5.74) is 7.33. The molecule has 20 heavy (non-hydrogen) atoms. The summed E-state index contributed by atoms with van der Waals surface area (Å²) in [6, 6.07) is 0. The van der Waals surface area contributed by atoms with Gasteiger partial charge < -0.3 is 5.11 Å². The third-order valence-corrected chi connectivity index (χ3v) is 5.11. The number of hydrogen-bond donors (Lipinski definition) is 1. The van der Waals surface area contributed by atoms with Crippen molar-refractivity contribution in [1.29, 1.82) is 0 Å². The summed E-state index contributed by atoms with van der Waals surface area (Å²) in [5.74, 6) is 0.201. The number of nitrogens with zero attached hydrogens (tertiary/aromatic N) is 4. The van der Waals surface area contributed by atoms with Crippen LogP contribution in [0.15, 0.2) is 5.11 Å². The van der Waals surface area contributed by atoms with Gasteiger partial charge in [0.25, 0.3) is 0 Å². The molecule has 1 amide bonds. The third kappa shape index (κ3) is 2.57. The van der Waals surface area contributed by atoms with E-state index in [1.165, 1.54) is 0 Å². The lowest BCUT2D eigenvalue weighted by molar-refractivity contribution is -0.0348. The molecule has 1 fully saturated rings. The minimum atomic E-state index is -0.891. The van der Waals surface area contributed by atoms with Crippen molar-refractivity contribution in [2.45, 2.75) is 65.5 Å². The van der Waals surface area contributed by atoms with E-state index in [-0.39, 0.29) is 11.3 Å². The van der Waals surface area contributed by atoms with Gasteiger partial charge in [-0.15, -0.1) is 0 Å². The van der Waals surface area contributed by atoms with E-state index in [4.69, 9.17) is 5.53 Å². The third-order valence-electron chi connectivity index (χ3n) is 5.11. The van der Waals surface area contributed by atoms with E-state index in [0.717, 1.165) is 12.8 Å². The molecule has 0 aromatic carbocycles. The van der Waals surface area contributed by atoms with E-state index in [0.29, 0.717) is 6.54 Å². The van der Waals surface area contributed by atoms with E-state index >= 15 is 0 Å². The Balaban J connectivity index is 3.21. The van der Waals surface area contributed by atoms with Gasteiger partial charge in [0.1, 0.15) is 0 Å². The summed E-state index contributed by atoms with van der Waals surface area (Å²) in [7, 11) is 0. The molecule has 0 heterocycles. The van der Waals surface area contributed by atoms with Crippen molar-refractivity contribution in [2.75, 3.05) is 6.54 Å². The molecule has 1 saturated carbocycles. The fraction of sp³-hybridized carbons (Fsp3) is 0.929. The molecule has 1 aliphatic rings. The molecule has 1 rings (SSSR count). The van der Waals surface area contributed by atoms with Crippen molar-refractivity contribution >= 4 is 6.09 Å². The van der Waals surface area contributed by atoms with Crippen LogP contribution in [-0.2, 0) is 0 Å². The molecule has 114 valence electrons. The zero-order valence-electron chi connectivity index (χ0n) is 13.3. The smallest absolute Gasteiger partial charge is 0.408 e. The molecule has 0 aromatic heterocycles. The van der Waals surface area contributed by atoms with Crippen molar-refractivity contribution < 1.29 is 9.90 Å². The van der Waals surface area contributed by atoms with Crippen LogP contribution in [-0.4, -0.2) is 33.7 Å². The highest BCUT2D eigenvalue weighted by Crippen LogP contribution is 2.54. The van der Waals surface area contributed by atoms with Gasteiger partial charge in [-0.2, -0.15) is 0 Å². The molecule has 0 bridgehead atoms. The van der Waals surface area contributed by atoms with Gasteiger partial charge in [-0.05, 0) is 57.4 Å². The van der Waals surface area contributed by atoms with Crippen LogP contribution >= 0.6 is 0 Å². The second-order valence-corrected chi connectivity index (χ2v) is 7.43. The molecule has 0 unspecified atom stereocenters. The monoisotopic (exact) mass is 282 g/mol. The van der Waals surface area contributed by atoms with Gasteiger partial charge in [0, 0.05) is 22.5 Å². The number of rotatable bonds is 3. The zero-order chi connectivity index (χ0) is 15.8. The molecule has 1 aliphatic carbocycles. The maximum absolute atomic E-state index is 11.8. The number of carbonyl (C=O) groups is 1. The van der Waals surface area contributed by atoms with Crippen molar-refractivity contribution in [3.05, 3.63) is 10.4 Å². The lowest BCUT2D eigenvalue weighted by Crippen LogP contribution is -2.63. The van der Waals surface area contributed by atoms with Gasteiger partial charge in [-0.1, -0.05) is 19.0 Å². The van der Waals surface area contributed by atoms with E-state index < -0.39 is 17.2 Å². The highest BCUT2D eigenvalue weighted by Gasteiger charge is 2.57. The van der Waals surface area contributed by atoms with Crippen molar-refractivity contribution in [2.24, 2.45) is 16.4 Å². The lowest BCUT2D eigenvalue weighted by Gasteiger charge is -2.53. The van der Waals surface area contributed by atoms with Crippen LogP contribution in [0.3, 0.4) is 0 Å². The van der Waals surface area contributed by atoms with E-state index in [1.807, 2.05) is 27.7 Å². The number of amides is 1. The molecule has 6 heteroatoms. The highest BCUT2D eigenvalue weighted by molar-refractivity contribution is 5.67. The van der Waals surface area contributed by atoms with Gasteiger partial charge in [0.15, 0.2) is 0 Å². The fourth-order valence-electron chi connectivity index (χ4n) is 3.67. The second kappa shape index (κ2) is 5.17. The summed E-state index contributed by atoms with van der Waals surface area (Å²) in [6.45, 7) is 12.4. The Morgan fingerprint density at radius 1 is 1.45 bits per heavy atom. The van der Waals surface area contributed by atoms with E-state index in [1.54, 1.807) is 4.90 Å². The first-order valence-electron chi connectivity index (χ1n) is 7.02. The average molecular weight is 282 g/mol. The fourth-order valence-corrected chi connectivity index (χ4v) is 3.67. The van der Waals surface area contributed by atoms with Crippen LogP contribution in [0, 0.1) is 11.3 Å². The number of carboxylic acid groups (broad SMARTS) is 1. The Labute approximate surface area is 120 Å². The Kier molecular flexibility index (Phi) is 4.30. The highest BCUT2D eigenvalue weighted by atomic mass is 16.4. The Morgan fingerprint density at radius 3 is 2.40 bits per heavy atom. The largest absolute Gasteiger partial charge is 0.465 e. The summed E-state index contributed by atoms with van der Waals surface area (Å²) in [4.78, 5) is 16.2. The maximum Gasteiger partial charge on any atom is 0.408 e. The van der Waals surface area contributed by atoms with E-state index in [9.17, 15) is 9.90 Å². The molecule has 1 N–H and O–H groups in total. The SMILES string of the molecule is CC(C)(C)N(C(=O)O)[C@@]1(C)CC[C@@H](CN=[N+]=[N-])C1(C)C. The average Bonchev–Trinajstić information content (AvgIpc) is 2.46. The summed E-state index contributed by atoms with van der Waals surface area (Å²) in [5, 5.41) is 13.4. The van der Waals surface area contributed by atoms with E-state index in [2.05, 4.69) is 23.9 Å². The minimum Gasteiger partial charge on any atom is -0.465 e. The van der Waals surface area contributed by atoms with Gasteiger partial charge in [-0.25, -0.2) is 4.79 Å². The molecule has 0 aliphatic heterocycles. The van der Waals surface area contributed by atoms with Crippen LogP contribution in [0.4, 0.5) is 4.79 Å². The maximum atomic E-state index is 11.8. The molecule has 0 spiro atoms. The predicted octanol–water partition coefficient (Wildman–Crippen LogP) is 4.27. The standard InChI is InChI=1S/C14H26N4O2/c1-12(2,3)18(11(19)20)14(6)8-7-10(9-16-17-15)13(14,4)5/h10H,7-9H2,1-6H3,(H,19,20)/t10-,14-/m0/s1. The van der Waals surface area contributed by atoms with Crippen molar-refractivity contribution in [3.63, 3.8) is 0 Å². The Bertz CT molecular complexity index is 435. The minimum absolute atomic E-state index is 0.201. The van der Waals surface area contributed by atoms with Gasteiger partial charge >= 0.3 is 6.09 Å². The lowest BCUT2D eigenvalue weighted by atomic mass is 9.69. The molecule has 0 radical (unpaired) electrons. The summed E-state index contributed by atoms with van der Waals surface area (Å²) in [6.07, 6.45) is 0.773. The topological polar surface area (TPSA) is 89.3 Å². The molecule has 2 atom stereocenters. The normalized spacial score (nSPS) is 28.8. The Hall–Kier alpha value is -1.42. The number of hydrogen-bond acceptors (Lipinski definition) is 2. The summed E-state index contributed by atoms with van der Waals surface area (Å²) < 4.78 is 0.